The van der Waals surface area contributed by atoms with Crippen molar-refractivity contribution in [2.75, 3.05) is 20.2 Å². The van der Waals surface area contributed by atoms with E-state index in [0.717, 1.165) is 0 Å². The van der Waals surface area contributed by atoms with Gasteiger partial charge in [-0.1, -0.05) is 0 Å². The average Bonchev–Trinajstić information content (AvgIpc) is 1.80. The minimum Gasteiger partial charge on any atom is -0.412 e. The van der Waals surface area contributed by atoms with Gasteiger partial charge in [-0.3, -0.25) is 0 Å². The second-order valence-electron chi connectivity index (χ2n) is 1.58. The molecule has 14 N–H and O–H groups in total. The van der Waals surface area contributed by atoms with E-state index in [9.17, 15) is 0 Å². The molecule has 0 rings (SSSR count). The van der Waals surface area contributed by atoms with Gasteiger partial charge in [0, 0.05) is 6.54 Å². The van der Waals surface area contributed by atoms with Gasteiger partial charge in [-0.15, -0.1) is 20.5 Å². The van der Waals surface area contributed by atoms with E-state index in [1.54, 1.807) is 7.05 Å². The van der Waals surface area contributed by atoms with Gasteiger partial charge in [-0.25, -0.2) is 37.3 Å². The molecule has 0 radical (unpaired) electrons. The van der Waals surface area contributed by atoms with E-state index in [2.05, 4.69) is 5.32 Å². The topological polar surface area (TPSA) is 406 Å². The molecule has 144 valence electrons. The molecule has 0 aliphatic carbocycles. The molecular weight excluding hydrogens is 426 g/mol. The van der Waals surface area contributed by atoms with Gasteiger partial charge < -0.3 is 43.3 Å². The third kappa shape index (κ3) is 1200. The zero-order chi connectivity index (χ0) is 13.1. The van der Waals surface area contributed by atoms with Gasteiger partial charge in [0.2, 0.25) is 0 Å². The number of likely N-dealkylation sites (N-methyl/N-ethyl adjacent to an activating group) is 1. The molecule has 0 aromatic carbocycles. The number of aliphatic hydroxyl groups excluding tert-OH is 1. The summed E-state index contributed by atoms with van der Waals surface area (Å²) in [5.41, 5.74) is 0. The van der Waals surface area contributed by atoms with Gasteiger partial charge in [0.05, 0.1) is 6.61 Å². The van der Waals surface area contributed by atoms with Gasteiger partial charge in [-0.2, -0.15) is 0 Å². The molecule has 0 bridgehead atoms. The van der Waals surface area contributed by atoms with Crippen LogP contribution in [0.1, 0.15) is 0 Å². The standard InChI is InChI=1S/C3H9NO.2ClHO4.6H2O.Zn/c1-4-2-3-5;2*2-1(3,4)5;;;;;;;/h4-5H,2-3H2,1H3;2*(H,2,3,4,5);6*1H2;/q;;;;;;;;;+2/p-2. The SMILES string of the molecule is CNCCO.O.O.O.O.O.O.[O-][Cl+3]([O-])([O-])[O-].[O-][Cl+3]([O-])([O-])[O-].[Zn+2]. The Balaban J connectivity index is -0.0000000106. The smallest absolute Gasteiger partial charge is 0.412 e. The van der Waals surface area contributed by atoms with E-state index < -0.39 is 20.5 Å². The maximum atomic E-state index is 8.49. The molecular formula is C3H21Cl2NO15Zn. The molecule has 0 atom stereocenters. The van der Waals surface area contributed by atoms with Crippen LogP contribution in [0, 0.1) is 20.5 Å². The molecule has 22 heavy (non-hydrogen) atoms. The van der Waals surface area contributed by atoms with Crippen LogP contribution in [0.5, 0.6) is 0 Å². The summed E-state index contributed by atoms with van der Waals surface area (Å²) < 4.78 is 67.9. The predicted octanol–water partition coefficient (Wildman–Crippen LogP) is -15.3. The van der Waals surface area contributed by atoms with Crippen molar-refractivity contribution >= 4 is 0 Å². The van der Waals surface area contributed by atoms with Crippen LogP contribution in [0.15, 0.2) is 0 Å². The minimum absolute atomic E-state index is 0. The molecule has 0 spiro atoms. The van der Waals surface area contributed by atoms with Gasteiger partial charge >= 0.3 is 19.5 Å². The van der Waals surface area contributed by atoms with E-state index in [1.807, 2.05) is 0 Å². The second kappa shape index (κ2) is 37.6. The number of aliphatic hydroxyl groups is 1. The van der Waals surface area contributed by atoms with Crippen LogP contribution in [-0.4, -0.2) is 58.2 Å². The monoisotopic (exact) mass is 445 g/mol. The van der Waals surface area contributed by atoms with E-state index in [0.29, 0.717) is 6.54 Å². The fourth-order valence-corrected chi connectivity index (χ4v) is 0.112. The quantitative estimate of drug-likeness (QED) is 0.376. The van der Waals surface area contributed by atoms with Crippen LogP contribution in [0.25, 0.3) is 0 Å². The van der Waals surface area contributed by atoms with Crippen molar-refractivity contribution in [1.82, 2.24) is 5.32 Å². The number of hydrogen-bond acceptors (Lipinski definition) is 10. The number of nitrogens with one attached hydrogen (secondary N) is 1. The third-order valence-electron chi connectivity index (χ3n) is 0.362. The Morgan fingerprint density at radius 1 is 0.682 bits per heavy atom. The molecule has 0 saturated carbocycles. The molecule has 0 heterocycles. The van der Waals surface area contributed by atoms with Crippen molar-refractivity contribution < 1.29 is 115 Å². The summed E-state index contributed by atoms with van der Waals surface area (Å²) in [5, 5.41) is 10.8. The van der Waals surface area contributed by atoms with Crippen LogP contribution in [-0.2, 0) is 19.5 Å². The predicted molar refractivity (Wildman–Crippen MR) is 42.7 cm³/mol. The summed E-state index contributed by atoms with van der Waals surface area (Å²) in [4.78, 5) is 0. The zero-order valence-corrected chi connectivity index (χ0v) is 15.6. The van der Waals surface area contributed by atoms with Crippen LogP contribution in [0.3, 0.4) is 0 Å². The molecule has 0 amide bonds. The number of rotatable bonds is 2. The molecule has 0 aliphatic rings. The number of halogens is 2. The third-order valence-corrected chi connectivity index (χ3v) is 0.362. The Kier molecular flexibility index (Phi) is 114. The average molecular weight is 447 g/mol. The first-order valence-electron chi connectivity index (χ1n) is 2.90. The summed E-state index contributed by atoms with van der Waals surface area (Å²) in [6.45, 7) is 0.927. The van der Waals surface area contributed by atoms with Gasteiger partial charge in [0.1, 0.15) is 0 Å². The Labute approximate surface area is 141 Å². The van der Waals surface area contributed by atoms with Gasteiger partial charge in [-0.05, 0) is 7.05 Å². The normalized spacial score (nSPS) is 7.36. The largest absolute Gasteiger partial charge is 2.00 e. The van der Waals surface area contributed by atoms with Crippen LogP contribution < -0.4 is 42.6 Å². The summed E-state index contributed by atoms with van der Waals surface area (Å²) >= 11 is 0. The molecule has 0 aliphatic heterocycles. The Hall–Kier alpha value is 0.563. The summed E-state index contributed by atoms with van der Waals surface area (Å²) in [6.07, 6.45) is 0. The molecule has 0 aromatic heterocycles. The second-order valence-corrected chi connectivity index (χ2v) is 3.09. The van der Waals surface area contributed by atoms with Crippen molar-refractivity contribution in [3.05, 3.63) is 0 Å². The summed E-state index contributed by atoms with van der Waals surface area (Å²) in [6, 6.07) is 0. The maximum absolute atomic E-state index is 8.49. The summed E-state index contributed by atoms with van der Waals surface area (Å²) in [5.74, 6) is 0. The first-order chi connectivity index (χ1) is 6.41. The van der Waals surface area contributed by atoms with Crippen molar-refractivity contribution in [1.29, 1.82) is 0 Å². The molecule has 0 fully saturated rings. The van der Waals surface area contributed by atoms with Crippen LogP contribution >= 0.6 is 0 Å². The Morgan fingerprint density at radius 3 is 0.818 bits per heavy atom. The van der Waals surface area contributed by atoms with Crippen molar-refractivity contribution in [2.45, 2.75) is 0 Å². The van der Waals surface area contributed by atoms with Crippen molar-refractivity contribution in [3.63, 3.8) is 0 Å². The van der Waals surface area contributed by atoms with E-state index in [4.69, 9.17) is 42.4 Å². The molecule has 0 aromatic rings. The Morgan fingerprint density at radius 2 is 0.818 bits per heavy atom. The molecule has 0 saturated heterocycles. The summed E-state index contributed by atoms with van der Waals surface area (Å²) in [7, 11) is -8.09. The van der Waals surface area contributed by atoms with Gasteiger partial charge in [0.15, 0.2) is 0 Å². The van der Waals surface area contributed by atoms with E-state index in [-0.39, 0.29) is 58.9 Å². The molecule has 16 nitrogen and oxygen atoms in total. The maximum Gasteiger partial charge on any atom is 2.00 e. The zero-order valence-electron chi connectivity index (χ0n) is 11.1. The van der Waals surface area contributed by atoms with Crippen molar-refractivity contribution in [3.8, 4) is 0 Å². The van der Waals surface area contributed by atoms with Gasteiger partial charge in [0.25, 0.3) is 0 Å². The Bertz CT molecular complexity index is 105. The molecule has 0 unspecified atom stereocenters. The van der Waals surface area contributed by atoms with Crippen molar-refractivity contribution in [2.24, 2.45) is 0 Å². The molecule has 19 heteroatoms. The first kappa shape index (κ1) is 66.5. The van der Waals surface area contributed by atoms with E-state index in [1.165, 1.54) is 0 Å². The fraction of sp³-hybridized carbons (Fsp3) is 1.00. The van der Waals surface area contributed by atoms with Crippen LogP contribution in [0.2, 0.25) is 0 Å². The minimum atomic E-state index is -4.94. The number of hydrogen-bond donors (Lipinski definition) is 2. The van der Waals surface area contributed by atoms with E-state index >= 15 is 0 Å². The fourth-order valence-electron chi connectivity index (χ4n) is 0.112. The van der Waals surface area contributed by atoms with Crippen LogP contribution in [0.4, 0.5) is 0 Å². The first-order valence-corrected chi connectivity index (χ1v) is 5.37.